The Kier molecular flexibility index (Phi) is 9.96. The van der Waals surface area contributed by atoms with Gasteiger partial charge in [-0.05, 0) is 60.2 Å². The Bertz CT molecular complexity index is 1760. The van der Waals surface area contributed by atoms with Gasteiger partial charge in [-0.1, -0.05) is 54.1 Å². The molecule has 5 rings (SSSR count). The number of thiazole rings is 1. The Balaban J connectivity index is 1.21. The molecule has 0 saturated heterocycles. The number of hydrogen-bond acceptors (Lipinski definition) is 7. The van der Waals surface area contributed by atoms with Crippen molar-refractivity contribution in [3.63, 3.8) is 0 Å². The summed E-state index contributed by atoms with van der Waals surface area (Å²) in [5.74, 6) is -0.983. The van der Waals surface area contributed by atoms with E-state index in [0.29, 0.717) is 27.0 Å². The van der Waals surface area contributed by atoms with Crippen LogP contribution in [0.5, 0.6) is 0 Å². The van der Waals surface area contributed by atoms with Crippen LogP contribution in [-0.2, 0) is 9.59 Å². The molecule has 11 heteroatoms. The van der Waals surface area contributed by atoms with Crippen LogP contribution in [-0.4, -0.2) is 33.4 Å². The minimum atomic E-state index is -0.506. The zero-order chi connectivity index (χ0) is 30.0. The Morgan fingerprint density at radius 2 is 1.72 bits per heavy atom. The number of pyridine rings is 1. The molecular weight excluding hydrogens is 602 g/mol. The number of anilines is 2. The van der Waals surface area contributed by atoms with Crippen molar-refractivity contribution in [3.05, 3.63) is 131 Å². The smallest absolute Gasteiger partial charge is 0.272 e. The lowest BCUT2D eigenvalue weighted by Crippen LogP contribution is -2.30. The number of halogens is 1. The first-order chi connectivity index (χ1) is 20.9. The molecule has 0 bridgehead atoms. The average Bonchev–Trinajstić information content (AvgIpc) is 3.49. The van der Waals surface area contributed by atoms with Gasteiger partial charge >= 0.3 is 0 Å². The van der Waals surface area contributed by atoms with Gasteiger partial charge in [0.05, 0.1) is 11.4 Å². The Morgan fingerprint density at radius 1 is 0.907 bits per heavy atom. The van der Waals surface area contributed by atoms with E-state index in [-0.39, 0.29) is 17.4 Å². The maximum Gasteiger partial charge on any atom is 0.272 e. The van der Waals surface area contributed by atoms with Crippen molar-refractivity contribution in [1.82, 2.24) is 15.3 Å². The van der Waals surface area contributed by atoms with E-state index in [4.69, 9.17) is 11.6 Å². The number of hydrogen-bond donors (Lipinski definition) is 3. The topological polar surface area (TPSA) is 113 Å². The molecule has 0 spiro atoms. The summed E-state index contributed by atoms with van der Waals surface area (Å²) >= 11 is 8.62. The lowest BCUT2D eigenvalue weighted by Gasteiger charge is -2.12. The number of nitrogens with one attached hydrogen (secondary N) is 3. The van der Waals surface area contributed by atoms with Crippen molar-refractivity contribution in [2.75, 3.05) is 16.4 Å². The summed E-state index contributed by atoms with van der Waals surface area (Å²) in [4.78, 5) is 48.1. The predicted molar refractivity (Wildman–Crippen MR) is 173 cm³/mol. The van der Waals surface area contributed by atoms with Crippen molar-refractivity contribution in [3.8, 4) is 11.3 Å². The minimum Gasteiger partial charge on any atom is -0.321 e. The highest BCUT2D eigenvalue weighted by Gasteiger charge is 2.16. The molecule has 0 fully saturated rings. The van der Waals surface area contributed by atoms with Gasteiger partial charge in [0.1, 0.15) is 5.70 Å². The third-order valence-electron chi connectivity index (χ3n) is 5.88. The third-order valence-corrected chi connectivity index (χ3v) is 7.88. The molecule has 0 unspecified atom stereocenters. The first kappa shape index (κ1) is 29.7. The molecular formula is C32H24ClN5O3S2. The van der Waals surface area contributed by atoms with Crippen molar-refractivity contribution in [2.24, 2.45) is 0 Å². The highest BCUT2D eigenvalue weighted by molar-refractivity contribution is 8.00. The lowest BCUT2D eigenvalue weighted by molar-refractivity contribution is -0.114. The molecule has 0 aliphatic rings. The second-order valence-electron chi connectivity index (χ2n) is 9.03. The maximum absolute atomic E-state index is 13.3. The van der Waals surface area contributed by atoms with Crippen LogP contribution in [0.1, 0.15) is 15.9 Å². The highest BCUT2D eigenvalue weighted by Crippen LogP contribution is 2.27. The fraction of sp³-hybridized carbons (Fsp3) is 0.0312. The van der Waals surface area contributed by atoms with Crippen LogP contribution < -0.4 is 16.0 Å². The Morgan fingerprint density at radius 3 is 2.49 bits per heavy atom. The fourth-order valence-electron chi connectivity index (χ4n) is 3.82. The maximum atomic E-state index is 13.3. The van der Waals surface area contributed by atoms with E-state index in [1.165, 1.54) is 23.1 Å². The standard InChI is InChI=1S/C32H24ClN5O3S2/c33-24-13-11-22(12-14-24)28-19-43-32(37-28)38-29(39)20-42-26-10-4-9-25(17-26)35-31(41)27(16-21-6-5-15-34-18-21)36-30(40)23-7-2-1-3-8-23/h1-19H,20H2,(H,35,41)(H,36,40)(H,37,38,39)/b27-16-. The van der Waals surface area contributed by atoms with E-state index in [1.807, 2.05) is 29.6 Å². The molecule has 214 valence electrons. The Labute approximate surface area is 261 Å². The monoisotopic (exact) mass is 625 g/mol. The van der Waals surface area contributed by atoms with Crippen LogP contribution in [0.15, 0.2) is 119 Å². The van der Waals surface area contributed by atoms with Gasteiger partial charge in [0.15, 0.2) is 5.13 Å². The molecule has 43 heavy (non-hydrogen) atoms. The molecule has 5 aromatic rings. The lowest BCUT2D eigenvalue weighted by atomic mass is 10.2. The molecule has 0 atom stereocenters. The molecule has 0 aliphatic heterocycles. The van der Waals surface area contributed by atoms with E-state index in [9.17, 15) is 14.4 Å². The van der Waals surface area contributed by atoms with Crippen LogP contribution >= 0.6 is 34.7 Å². The second-order valence-corrected chi connectivity index (χ2v) is 11.4. The van der Waals surface area contributed by atoms with Crippen molar-refractivity contribution >= 4 is 69.3 Å². The highest BCUT2D eigenvalue weighted by atomic mass is 35.5. The van der Waals surface area contributed by atoms with Gasteiger partial charge in [-0.3, -0.25) is 19.4 Å². The molecule has 0 aliphatic carbocycles. The summed E-state index contributed by atoms with van der Waals surface area (Å²) in [6.07, 6.45) is 4.77. The molecule has 3 N–H and O–H groups in total. The van der Waals surface area contributed by atoms with Gasteiger partial charge in [-0.15, -0.1) is 23.1 Å². The number of carbonyl (C=O) groups is 3. The van der Waals surface area contributed by atoms with Gasteiger partial charge in [-0.2, -0.15) is 0 Å². The van der Waals surface area contributed by atoms with Crippen LogP contribution in [0.25, 0.3) is 17.3 Å². The largest absolute Gasteiger partial charge is 0.321 e. The Hall–Kier alpha value is -4.77. The van der Waals surface area contributed by atoms with Crippen molar-refractivity contribution < 1.29 is 14.4 Å². The quantitative estimate of drug-likeness (QED) is 0.114. The summed E-state index contributed by atoms with van der Waals surface area (Å²) in [6, 6.07) is 26.6. The van der Waals surface area contributed by atoms with Crippen LogP contribution in [0.2, 0.25) is 5.02 Å². The van der Waals surface area contributed by atoms with Gasteiger partial charge in [0.25, 0.3) is 11.8 Å². The van der Waals surface area contributed by atoms with Crippen LogP contribution in [0, 0.1) is 0 Å². The average molecular weight is 626 g/mol. The second kappa shape index (κ2) is 14.4. The zero-order valence-corrected chi connectivity index (χ0v) is 24.9. The van der Waals surface area contributed by atoms with E-state index in [2.05, 4.69) is 25.9 Å². The van der Waals surface area contributed by atoms with E-state index < -0.39 is 11.8 Å². The zero-order valence-electron chi connectivity index (χ0n) is 22.5. The number of aromatic nitrogens is 2. The molecule has 8 nitrogen and oxygen atoms in total. The number of benzene rings is 3. The van der Waals surface area contributed by atoms with Gasteiger partial charge in [-0.25, -0.2) is 4.98 Å². The van der Waals surface area contributed by atoms with Crippen molar-refractivity contribution in [2.45, 2.75) is 4.90 Å². The summed E-state index contributed by atoms with van der Waals surface area (Å²) in [5, 5.41) is 11.4. The molecule has 3 amide bonds. The van der Waals surface area contributed by atoms with Gasteiger partial charge in [0.2, 0.25) is 5.91 Å². The van der Waals surface area contributed by atoms with Crippen LogP contribution in [0.4, 0.5) is 10.8 Å². The van der Waals surface area contributed by atoms with E-state index >= 15 is 0 Å². The fourth-order valence-corrected chi connectivity index (χ4v) is 5.44. The predicted octanol–water partition coefficient (Wildman–Crippen LogP) is 7.00. The minimum absolute atomic E-state index is 0.0562. The number of amides is 3. The van der Waals surface area contributed by atoms with Crippen molar-refractivity contribution in [1.29, 1.82) is 0 Å². The third kappa shape index (κ3) is 8.62. The summed E-state index contributed by atoms with van der Waals surface area (Å²) in [7, 11) is 0. The first-order valence-corrected chi connectivity index (χ1v) is 15.2. The number of carbonyl (C=O) groups excluding carboxylic acids is 3. The van der Waals surface area contributed by atoms with Crippen LogP contribution in [0.3, 0.4) is 0 Å². The molecule has 0 saturated carbocycles. The van der Waals surface area contributed by atoms with Gasteiger partial charge < -0.3 is 16.0 Å². The van der Waals surface area contributed by atoms with Gasteiger partial charge in [0, 0.05) is 44.5 Å². The van der Waals surface area contributed by atoms with E-state index in [1.54, 1.807) is 85.2 Å². The molecule has 0 radical (unpaired) electrons. The summed E-state index contributed by atoms with van der Waals surface area (Å²) in [5.41, 5.74) is 3.30. The molecule has 2 aromatic heterocycles. The molecule has 3 aromatic carbocycles. The SMILES string of the molecule is O=C(CSc1cccc(NC(=O)/C(=C/c2cccnc2)NC(=O)c2ccccc2)c1)Nc1nc(-c2ccc(Cl)cc2)cs1. The first-order valence-electron chi connectivity index (χ1n) is 13.0. The summed E-state index contributed by atoms with van der Waals surface area (Å²) < 4.78 is 0. The summed E-state index contributed by atoms with van der Waals surface area (Å²) in [6.45, 7) is 0. The van der Waals surface area contributed by atoms with E-state index in [0.717, 1.165) is 16.2 Å². The number of nitrogens with zero attached hydrogens (tertiary/aromatic N) is 2. The normalized spacial score (nSPS) is 11.0. The molecule has 2 heterocycles. The number of rotatable bonds is 10. The number of thioether (sulfide) groups is 1.